The predicted molar refractivity (Wildman–Crippen MR) is 120 cm³/mol. The average Bonchev–Trinajstić information content (AvgIpc) is 2.76. The van der Waals surface area contributed by atoms with Crippen LogP contribution in [0.5, 0.6) is 0 Å². The molecule has 29 heavy (non-hydrogen) atoms. The van der Waals surface area contributed by atoms with Crippen LogP contribution in [-0.4, -0.2) is 21.0 Å². The maximum absolute atomic E-state index is 11.9. The Hall–Kier alpha value is -2.99. The van der Waals surface area contributed by atoms with E-state index in [1.165, 1.54) is 6.07 Å². The van der Waals surface area contributed by atoms with E-state index in [9.17, 15) is 13.0 Å². The van der Waals surface area contributed by atoms with Gasteiger partial charge in [0.05, 0.1) is 4.90 Å². The van der Waals surface area contributed by atoms with Crippen molar-refractivity contribution in [3.63, 3.8) is 0 Å². The fraction of sp³-hybridized carbons (Fsp3) is 0. The molecule has 0 spiro atoms. The molecule has 3 nitrogen and oxygen atoms in total. The topological polar surface area (TPSA) is 54.4 Å². The van der Waals surface area contributed by atoms with Crippen LogP contribution in [0.2, 0.25) is 0 Å². The highest BCUT2D eigenvalue weighted by Crippen LogP contribution is 2.13. The molecule has 4 aromatic rings. The first-order valence-electron chi connectivity index (χ1n) is 9.27. The zero-order chi connectivity index (χ0) is 20.3. The highest BCUT2D eigenvalue weighted by molar-refractivity contribution is 7.85. The molecule has 0 aromatic heterocycles. The maximum Gasteiger partial charge on any atom is 0.294 e. The van der Waals surface area contributed by atoms with Crippen molar-refractivity contribution in [2.24, 2.45) is 0 Å². The van der Waals surface area contributed by atoms with E-state index in [1.54, 1.807) is 12.1 Å². The zero-order valence-electron chi connectivity index (χ0n) is 15.6. The van der Waals surface area contributed by atoms with Crippen LogP contribution in [0.15, 0.2) is 120 Å². The van der Waals surface area contributed by atoms with Crippen LogP contribution in [0.4, 0.5) is 0 Å². The summed E-state index contributed by atoms with van der Waals surface area (Å²) in [6, 6.07) is 37.3. The second kappa shape index (κ2) is 7.79. The third-order valence-electron chi connectivity index (χ3n) is 5.19. The maximum atomic E-state index is 11.9. The Labute approximate surface area is 172 Å². The molecule has 0 aliphatic rings. The van der Waals surface area contributed by atoms with E-state index in [0.29, 0.717) is 0 Å². The molecule has 1 N–H and O–H groups in total. The quantitative estimate of drug-likeness (QED) is 0.309. The van der Waals surface area contributed by atoms with Crippen LogP contribution in [0.3, 0.4) is 0 Å². The second-order valence-electron chi connectivity index (χ2n) is 6.85. The fourth-order valence-electron chi connectivity index (χ4n) is 3.95. The van der Waals surface area contributed by atoms with Gasteiger partial charge in [0.2, 0.25) is 0 Å². The molecule has 0 atom stereocenters. The molecule has 0 bridgehead atoms. The number of benzene rings is 4. The van der Waals surface area contributed by atoms with Gasteiger partial charge in [-0.25, -0.2) is 0 Å². The van der Waals surface area contributed by atoms with Gasteiger partial charge in [-0.1, -0.05) is 103 Å². The number of hydrogen-bond donors (Lipinski definition) is 1. The molecule has 144 valence electrons. The summed E-state index contributed by atoms with van der Waals surface area (Å²) in [4.78, 5) is -0.0883. The molecule has 0 unspecified atom stereocenters. The third kappa shape index (κ3) is 3.56. The van der Waals surface area contributed by atoms with Crippen molar-refractivity contribution in [2.45, 2.75) is 4.90 Å². The highest BCUT2D eigenvalue weighted by atomic mass is 32.2. The summed E-state index contributed by atoms with van der Waals surface area (Å²) >= 11 is 0. The largest absolute Gasteiger partial charge is 0.294 e. The van der Waals surface area contributed by atoms with Gasteiger partial charge in [-0.3, -0.25) is 4.55 Å². The van der Waals surface area contributed by atoms with Crippen LogP contribution >= 0.6 is 0 Å². The van der Waals surface area contributed by atoms with Gasteiger partial charge in [-0.2, -0.15) is 8.42 Å². The lowest BCUT2D eigenvalue weighted by Gasteiger charge is -2.34. The van der Waals surface area contributed by atoms with E-state index < -0.39 is 18.2 Å². The lowest BCUT2D eigenvalue weighted by atomic mass is 10.3. The van der Waals surface area contributed by atoms with E-state index in [1.807, 2.05) is 60.7 Å². The van der Waals surface area contributed by atoms with Crippen molar-refractivity contribution < 1.29 is 13.0 Å². The lowest BCUT2D eigenvalue weighted by molar-refractivity contribution is 0.483. The van der Waals surface area contributed by atoms with Gasteiger partial charge in [-0.05, 0) is 32.9 Å². The molecule has 0 saturated carbocycles. The van der Waals surface area contributed by atoms with Gasteiger partial charge >= 0.3 is 0 Å². The molecule has 0 heterocycles. The Morgan fingerprint density at radius 2 is 0.897 bits per heavy atom. The first-order chi connectivity index (χ1) is 14.0. The standard InChI is InChI=1S/C24H20O3SSi/c25-28(26,27)20-11-10-18-24(19-20)29(21-12-4-1-5-13-21,22-14-6-2-7-15-22)23-16-8-3-9-17-23/h1-19H,(H,25,26,27). The van der Waals surface area contributed by atoms with Gasteiger partial charge in [-0.15, -0.1) is 0 Å². The smallest absolute Gasteiger partial charge is 0.282 e. The van der Waals surface area contributed by atoms with Gasteiger partial charge in [0.15, 0.2) is 8.07 Å². The summed E-state index contributed by atoms with van der Waals surface area (Å²) in [6.45, 7) is 0. The van der Waals surface area contributed by atoms with Crippen LogP contribution in [0, 0.1) is 0 Å². The minimum absolute atomic E-state index is 0.0883. The number of rotatable bonds is 5. The van der Waals surface area contributed by atoms with Crippen molar-refractivity contribution in [1.29, 1.82) is 0 Å². The molecule has 4 aromatic carbocycles. The van der Waals surface area contributed by atoms with Crippen LogP contribution in [0.1, 0.15) is 0 Å². The molecule has 0 amide bonds. The average molecular weight is 417 g/mol. The van der Waals surface area contributed by atoms with Crippen LogP contribution < -0.4 is 20.7 Å². The first kappa shape index (κ1) is 19.3. The van der Waals surface area contributed by atoms with Crippen molar-refractivity contribution in [3.05, 3.63) is 115 Å². The van der Waals surface area contributed by atoms with Crippen molar-refractivity contribution in [3.8, 4) is 0 Å². The van der Waals surface area contributed by atoms with Gasteiger partial charge in [0, 0.05) is 0 Å². The second-order valence-corrected chi connectivity index (χ2v) is 12.1. The molecular formula is C24H20O3SSi. The molecule has 0 aliphatic carbocycles. The molecule has 0 aliphatic heterocycles. The van der Waals surface area contributed by atoms with E-state index >= 15 is 0 Å². The molecule has 4 rings (SSSR count). The summed E-state index contributed by atoms with van der Waals surface area (Å²) in [5.41, 5.74) is 0. The Morgan fingerprint density at radius 3 is 1.28 bits per heavy atom. The Balaban J connectivity index is 2.15. The summed E-state index contributed by atoms with van der Waals surface area (Å²) in [5.74, 6) is 0. The fourth-order valence-corrected chi connectivity index (χ4v) is 9.38. The Bertz CT molecular complexity index is 1110. The molecular weight excluding hydrogens is 396 g/mol. The minimum Gasteiger partial charge on any atom is -0.282 e. The summed E-state index contributed by atoms with van der Waals surface area (Å²) in [7, 11) is -7.10. The van der Waals surface area contributed by atoms with Crippen molar-refractivity contribution >= 4 is 38.9 Å². The van der Waals surface area contributed by atoms with Crippen molar-refractivity contribution in [2.75, 3.05) is 0 Å². The van der Waals surface area contributed by atoms with Gasteiger partial charge in [0.1, 0.15) is 0 Å². The first-order valence-corrected chi connectivity index (χ1v) is 12.7. The van der Waals surface area contributed by atoms with E-state index in [-0.39, 0.29) is 4.90 Å². The SMILES string of the molecule is O=S(=O)(O)c1cccc([Si](c2ccccc2)(c2ccccc2)c2ccccc2)c1. The van der Waals surface area contributed by atoms with E-state index in [2.05, 4.69) is 36.4 Å². The summed E-state index contributed by atoms with van der Waals surface area (Å²) in [6.07, 6.45) is 0. The van der Waals surface area contributed by atoms with Crippen LogP contribution in [-0.2, 0) is 10.1 Å². The zero-order valence-corrected chi connectivity index (χ0v) is 17.5. The molecule has 0 radical (unpaired) electrons. The van der Waals surface area contributed by atoms with Gasteiger partial charge < -0.3 is 0 Å². The summed E-state index contributed by atoms with van der Waals surface area (Å²) in [5, 5.41) is 4.33. The Morgan fingerprint density at radius 1 is 0.517 bits per heavy atom. The normalized spacial score (nSPS) is 11.9. The molecule has 0 saturated heterocycles. The Kier molecular flexibility index (Phi) is 5.19. The van der Waals surface area contributed by atoms with Crippen molar-refractivity contribution in [1.82, 2.24) is 0 Å². The monoisotopic (exact) mass is 416 g/mol. The highest BCUT2D eigenvalue weighted by Gasteiger charge is 2.41. The van der Waals surface area contributed by atoms with E-state index in [4.69, 9.17) is 0 Å². The lowest BCUT2D eigenvalue weighted by Crippen LogP contribution is -2.74. The third-order valence-corrected chi connectivity index (χ3v) is 10.8. The molecule has 5 heteroatoms. The number of hydrogen-bond acceptors (Lipinski definition) is 2. The van der Waals surface area contributed by atoms with Gasteiger partial charge in [0.25, 0.3) is 10.1 Å². The van der Waals surface area contributed by atoms with E-state index in [0.717, 1.165) is 20.7 Å². The summed E-state index contributed by atoms with van der Waals surface area (Å²) < 4.78 is 33.5. The van der Waals surface area contributed by atoms with Crippen LogP contribution in [0.25, 0.3) is 0 Å². The minimum atomic E-state index is -4.31. The predicted octanol–water partition coefficient (Wildman–Crippen LogP) is 2.31. The molecule has 0 fully saturated rings.